The van der Waals surface area contributed by atoms with Crippen LogP contribution in [0.2, 0.25) is 5.02 Å². The number of rotatable bonds is 10. The highest BCUT2D eigenvalue weighted by Crippen LogP contribution is 2.31. The highest BCUT2D eigenvalue weighted by Gasteiger charge is 2.32. The molecule has 1 aliphatic heterocycles. The van der Waals surface area contributed by atoms with Gasteiger partial charge >= 0.3 is 6.03 Å². The summed E-state index contributed by atoms with van der Waals surface area (Å²) in [6, 6.07) is 11.8. The minimum Gasteiger partial charge on any atom is -0.494 e. The molecule has 1 N–H and O–H groups in total. The molecule has 2 aromatic rings. The predicted molar refractivity (Wildman–Crippen MR) is 148 cm³/mol. The Kier molecular flexibility index (Phi) is 10.8. The molecule has 3 rings (SSSR count). The molecule has 0 saturated carbocycles. The van der Waals surface area contributed by atoms with Crippen LogP contribution in [0.5, 0.6) is 5.75 Å². The van der Waals surface area contributed by atoms with Crippen LogP contribution >= 0.6 is 11.6 Å². The van der Waals surface area contributed by atoms with Gasteiger partial charge in [0.15, 0.2) is 0 Å². The van der Waals surface area contributed by atoms with Crippen molar-refractivity contribution in [1.29, 1.82) is 0 Å². The molecule has 2 aromatic carbocycles. The van der Waals surface area contributed by atoms with Gasteiger partial charge in [-0.3, -0.25) is 9.59 Å². The predicted octanol–water partition coefficient (Wildman–Crippen LogP) is 4.18. The van der Waals surface area contributed by atoms with Crippen LogP contribution in [-0.2, 0) is 16.1 Å². The molecule has 0 fully saturated rings. The van der Waals surface area contributed by atoms with Crippen LogP contribution in [0.25, 0.3) is 0 Å². The Balaban J connectivity index is 1.76. The van der Waals surface area contributed by atoms with Crippen LogP contribution in [0, 0.1) is 0 Å². The van der Waals surface area contributed by atoms with Crippen molar-refractivity contribution in [1.82, 2.24) is 15.1 Å². The van der Waals surface area contributed by atoms with Crippen LogP contribution in [0.15, 0.2) is 42.5 Å². The number of likely N-dealkylation sites (N-methyl/N-ethyl adjacent to an activating group) is 1. The second-order valence-electron chi connectivity index (χ2n) is 8.93. The summed E-state index contributed by atoms with van der Waals surface area (Å²) in [6.45, 7) is 10.5. The van der Waals surface area contributed by atoms with E-state index in [4.69, 9.17) is 21.1 Å². The minimum absolute atomic E-state index is 0.117. The number of hydrogen-bond donors (Lipinski definition) is 1. The summed E-state index contributed by atoms with van der Waals surface area (Å²) in [5.41, 5.74) is 1.89. The number of halogens is 1. The molecule has 1 atom stereocenters. The molecule has 206 valence electrons. The quantitative estimate of drug-likeness (QED) is 0.453. The van der Waals surface area contributed by atoms with Gasteiger partial charge < -0.3 is 29.5 Å². The van der Waals surface area contributed by atoms with Crippen molar-refractivity contribution in [2.45, 2.75) is 40.3 Å². The van der Waals surface area contributed by atoms with Gasteiger partial charge in [0.05, 0.1) is 30.3 Å². The van der Waals surface area contributed by atoms with Gasteiger partial charge in [-0.15, -0.1) is 0 Å². The molecule has 0 aromatic heterocycles. The Bertz CT molecular complexity index is 1130. The standard InChI is InChI=1S/C28H37ClN4O5/c1-5-31(14-15-37-6-2)26(34)17-30-28(36)32-19-21-10-8-9-11-25(21)33(18-20(32)4)27(35)23-13-12-22(38-7-3)16-24(23)29/h8-13,16,20H,5-7,14-15,17-19H2,1-4H3,(H,30,36)/t20-/m1/s1. The maximum absolute atomic E-state index is 13.7. The van der Waals surface area contributed by atoms with Gasteiger partial charge in [-0.2, -0.15) is 0 Å². The summed E-state index contributed by atoms with van der Waals surface area (Å²) in [7, 11) is 0. The zero-order valence-electron chi connectivity index (χ0n) is 22.5. The summed E-state index contributed by atoms with van der Waals surface area (Å²) < 4.78 is 10.8. The van der Waals surface area contributed by atoms with E-state index in [-0.39, 0.29) is 37.0 Å². The third-order valence-corrected chi connectivity index (χ3v) is 6.74. The lowest BCUT2D eigenvalue weighted by atomic mass is 10.1. The van der Waals surface area contributed by atoms with Gasteiger partial charge in [-0.05, 0) is 57.5 Å². The van der Waals surface area contributed by atoms with E-state index in [2.05, 4.69) is 5.32 Å². The number of amides is 4. The SMILES string of the molecule is CCOCCN(CC)C(=O)CNC(=O)N1Cc2ccccc2N(C(=O)c2ccc(OCC)cc2Cl)C[C@H]1C. The second-order valence-corrected chi connectivity index (χ2v) is 9.33. The summed E-state index contributed by atoms with van der Waals surface area (Å²) in [6.07, 6.45) is 0. The monoisotopic (exact) mass is 544 g/mol. The van der Waals surface area contributed by atoms with Crippen LogP contribution in [0.4, 0.5) is 10.5 Å². The van der Waals surface area contributed by atoms with Crippen molar-refractivity contribution in [2.75, 3.05) is 50.9 Å². The molecule has 4 amide bonds. The zero-order valence-corrected chi connectivity index (χ0v) is 23.3. The Morgan fingerprint density at radius 2 is 1.87 bits per heavy atom. The van der Waals surface area contributed by atoms with E-state index in [1.54, 1.807) is 32.9 Å². The Morgan fingerprint density at radius 3 is 2.55 bits per heavy atom. The smallest absolute Gasteiger partial charge is 0.318 e. The number of fused-ring (bicyclic) bond motifs is 1. The summed E-state index contributed by atoms with van der Waals surface area (Å²) >= 11 is 6.47. The van der Waals surface area contributed by atoms with E-state index in [9.17, 15) is 14.4 Å². The number of hydrogen-bond acceptors (Lipinski definition) is 5. The van der Waals surface area contributed by atoms with E-state index in [1.807, 2.05) is 52.0 Å². The number of anilines is 1. The number of benzene rings is 2. The van der Waals surface area contributed by atoms with Crippen molar-refractivity contribution >= 4 is 35.1 Å². The molecule has 0 bridgehead atoms. The molecule has 0 unspecified atom stereocenters. The van der Waals surface area contributed by atoms with E-state index in [0.29, 0.717) is 61.5 Å². The second kappa shape index (κ2) is 14.0. The first-order valence-electron chi connectivity index (χ1n) is 13.0. The summed E-state index contributed by atoms with van der Waals surface area (Å²) in [5.74, 6) is 0.156. The first-order chi connectivity index (χ1) is 18.3. The van der Waals surface area contributed by atoms with Crippen molar-refractivity contribution < 1.29 is 23.9 Å². The molecule has 0 saturated heterocycles. The van der Waals surface area contributed by atoms with Gasteiger partial charge in [-0.1, -0.05) is 29.8 Å². The molecule has 9 nitrogen and oxygen atoms in total. The van der Waals surface area contributed by atoms with Gasteiger partial charge in [-0.25, -0.2) is 4.79 Å². The Morgan fingerprint density at radius 1 is 1.11 bits per heavy atom. The minimum atomic E-state index is -0.366. The molecular weight excluding hydrogens is 508 g/mol. The topological polar surface area (TPSA) is 91.4 Å². The van der Waals surface area contributed by atoms with E-state index in [1.165, 1.54) is 0 Å². The van der Waals surface area contributed by atoms with Crippen LogP contribution < -0.4 is 15.0 Å². The number of carbonyl (C=O) groups excluding carboxylic acids is 3. The lowest BCUT2D eigenvalue weighted by Gasteiger charge is -2.30. The van der Waals surface area contributed by atoms with E-state index < -0.39 is 0 Å². The number of nitrogens with one attached hydrogen (secondary N) is 1. The fourth-order valence-electron chi connectivity index (χ4n) is 4.39. The average Bonchev–Trinajstić information content (AvgIpc) is 3.06. The van der Waals surface area contributed by atoms with Crippen molar-refractivity contribution in [2.24, 2.45) is 0 Å². The number of urea groups is 1. The van der Waals surface area contributed by atoms with Crippen LogP contribution in [-0.4, -0.2) is 79.7 Å². The Hall–Kier alpha value is -3.30. The third-order valence-electron chi connectivity index (χ3n) is 6.42. The lowest BCUT2D eigenvalue weighted by Crippen LogP contribution is -2.50. The largest absolute Gasteiger partial charge is 0.494 e. The van der Waals surface area contributed by atoms with Gasteiger partial charge in [0, 0.05) is 44.5 Å². The average molecular weight is 545 g/mol. The van der Waals surface area contributed by atoms with Crippen LogP contribution in [0.1, 0.15) is 43.6 Å². The fraction of sp³-hybridized carbons (Fsp3) is 0.464. The van der Waals surface area contributed by atoms with Crippen molar-refractivity contribution in [3.63, 3.8) is 0 Å². The number of ether oxygens (including phenoxy) is 2. The summed E-state index contributed by atoms with van der Waals surface area (Å²) in [4.78, 5) is 44.5. The number of nitrogens with zero attached hydrogens (tertiary/aromatic N) is 3. The zero-order chi connectivity index (χ0) is 27.7. The summed E-state index contributed by atoms with van der Waals surface area (Å²) in [5, 5.41) is 3.07. The number of carbonyl (C=O) groups is 3. The van der Waals surface area contributed by atoms with Gasteiger partial charge in [0.25, 0.3) is 5.91 Å². The molecule has 0 radical (unpaired) electrons. The normalized spacial score (nSPS) is 14.9. The third kappa shape index (κ3) is 7.17. The Labute approximate surface area is 229 Å². The van der Waals surface area contributed by atoms with E-state index in [0.717, 1.165) is 5.56 Å². The molecular formula is C28H37ClN4O5. The van der Waals surface area contributed by atoms with Gasteiger partial charge in [0.2, 0.25) is 5.91 Å². The maximum Gasteiger partial charge on any atom is 0.318 e. The van der Waals surface area contributed by atoms with Crippen molar-refractivity contribution in [3.8, 4) is 5.75 Å². The first-order valence-corrected chi connectivity index (χ1v) is 13.4. The highest BCUT2D eigenvalue weighted by molar-refractivity contribution is 6.34. The van der Waals surface area contributed by atoms with E-state index >= 15 is 0 Å². The first kappa shape index (κ1) is 29.3. The molecule has 1 aliphatic rings. The van der Waals surface area contributed by atoms with Crippen molar-refractivity contribution in [3.05, 3.63) is 58.6 Å². The lowest BCUT2D eigenvalue weighted by molar-refractivity contribution is -0.130. The van der Waals surface area contributed by atoms with Gasteiger partial charge in [0.1, 0.15) is 5.75 Å². The number of para-hydroxylation sites is 1. The molecule has 1 heterocycles. The fourth-order valence-corrected chi connectivity index (χ4v) is 4.64. The molecule has 38 heavy (non-hydrogen) atoms. The highest BCUT2D eigenvalue weighted by atomic mass is 35.5. The van der Waals surface area contributed by atoms with Crippen LogP contribution in [0.3, 0.4) is 0 Å². The maximum atomic E-state index is 13.7. The molecule has 0 aliphatic carbocycles. The molecule has 10 heteroatoms. The molecule has 0 spiro atoms.